The molecule has 3 nitrogen and oxygen atoms in total. The summed E-state index contributed by atoms with van der Waals surface area (Å²) in [4.78, 5) is 0. The van der Waals surface area contributed by atoms with Crippen LogP contribution in [0.5, 0.6) is 11.5 Å². The van der Waals surface area contributed by atoms with Gasteiger partial charge in [-0.2, -0.15) is 0 Å². The minimum Gasteiger partial charge on any atom is -0.497 e. The molecule has 0 heterocycles. The number of ether oxygens (including phenoxy) is 2. The van der Waals surface area contributed by atoms with Gasteiger partial charge in [0, 0.05) is 17.5 Å². The van der Waals surface area contributed by atoms with Crippen LogP contribution in [-0.2, 0) is 5.41 Å². The van der Waals surface area contributed by atoms with Gasteiger partial charge in [-0.05, 0) is 43.9 Å². The Morgan fingerprint density at radius 3 is 2.29 bits per heavy atom. The Kier molecular flexibility index (Phi) is 3.04. The van der Waals surface area contributed by atoms with Crippen molar-refractivity contribution in [1.82, 2.24) is 0 Å². The van der Waals surface area contributed by atoms with Crippen molar-refractivity contribution in [3.63, 3.8) is 0 Å². The molecule has 1 aromatic rings. The third kappa shape index (κ3) is 1.89. The molecule has 0 radical (unpaired) electrons. The lowest BCUT2D eigenvalue weighted by Crippen LogP contribution is -2.32. The van der Waals surface area contributed by atoms with Gasteiger partial charge in [0.2, 0.25) is 0 Å². The van der Waals surface area contributed by atoms with E-state index in [-0.39, 0.29) is 11.5 Å². The molecule has 0 saturated heterocycles. The van der Waals surface area contributed by atoms with Gasteiger partial charge in [-0.1, -0.05) is 0 Å². The largest absolute Gasteiger partial charge is 0.497 e. The summed E-state index contributed by atoms with van der Waals surface area (Å²) in [6.07, 6.45) is 2.31. The second kappa shape index (κ2) is 4.22. The normalized spacial score (nSPS) is 18.6. The molecular weight excluding hydrogens is 214 g/mol. The van der Waals surface area contributed by atoms with Crippen LogP contribution in [-0.4, -0.2) is 20.3 Å². The van der Waals surface area contributed by atoms with Crippen molar-refractivity contribution >= 4 is 0 Å². The maximum absolute atomic E-state index is 6.14. The third-order valence-corrected chi connectivity index (χ3v) is 3.99. The highest BCUT2D eigenvalue weighted by Gasteiger charge is 2.48. The Bertz CT molecular complexity index is 422. The first-order chi connectivity index (χ1) is 8.05. The van der Waals surface area contributed by atoms with Gasteiger partial charge >= 0.3 is 0 Å². The fourth-order valence-electron chi connectivity index (χ4n) is 2.61. The number of benzene rings is 1. The van der Waals surface area contributed by atoms with Gasteiger partial charge in [-0.3, -0.25) is 0 Å². The van der Waals surface area contributed by atoms with Crippen LogP contribution in [0.1, 0.15) is 30.9 Å². The van der Waals surface area contributed by atoms with Crippen molar-refractivity contribution in [2.45, 2.75) is 38.1 Å². The summed E-state index contributed by atoms with van der Waals surface area (Å²) in [7, 11) is 3.37. The van der Waals surface area contributed by atoms with E-state index in [1.807, 2.05) is 6.07 Å². The van der Waals surface area contributed by atoms with Gasteiger partial charge in [-0.15, -0.1) is 0 Å². The Morgan fingerprint density at radius 1 is 1.24 bits per heavy atom. The number of methoxy groups -OCH3 is 2. The van der Waals surface area contributed by atoms with E-state index < -0.39 is 0 Å². The van der Waals surface area contributed by atoms with Crippen LogP contribution in [0.25, 0.3) is 0 Å². The number of hydrogen-bond acceptors (Lipinski definition) is 3. The van der Waals surface area contributed by atoms with Gasteiger partial charge in [0.15, 0.2) is 0 Å². The van der Waals surface area contributed by atoms with Crippen LogP contribution in [0, 0.1) is 6.92 Å². The van der Waals surface area contributed by atoms with Gasteiger partial charge in [0.1, 0.15) is 11.5 Å². The standard InChI is InChI=1S/C14H21NO2/c1-9-12(14(5-6-14)10(2)15)7-11(16-3)8-13(9)17-4/h7-8,10H,5-6,15H2,1-4H3. The van der Waals surface area contributed by atoms with Gasteiger partial charge in [0.05, 0.1) is 14.2 Å². The first-order valence-electron chi connectivity index (χ1n) is 6.04. The molecule has 0 aliphatic heterocycles. The highest BCUT2D eigenvalue weighted by atomic mass is 16.5. The molecule has 0 amide bonds. The molecule has 1 atom stereocenters. The molecule has 0 spiro atoms. The minimum absolute atomic E-state index is 0.131. The summed E-state index contributed by atoms with van der Waals surface area (Å²) in [5.74, 6) is 1.72. The predicted molar refractivity (Wildman–Crippen MR) is 68.8 cm³/mol. The molecule has 1 aromatic carbocycles. The number of hydrogen-bond donors (Lipinski definition) is 1. The van der Waals surface area contributed by atoms with E-state index in [2.05, 4.69) is 19.9 Å². The topological polar surface area (TPSA) is 44.5 Å². The fourth-order valence-corrected chi connectivity index (χ4v) is 2.61. The van der Waals surface area contributed by atoms with Gasteiger partial charge < -0.3 is 15.2 Å². The molecule has 1 aliphatic carbocycles. The summed E-state index contributed by atoms with van der Waals surface area (Å²) in [6.45, 7) is 4.18. The SMILES string of the molecule is COc1cc(OC)c(C)c(C2(C(C)N)CC2)c1. The molecule has 2 N–H and O–H groups in total. The average Bonchev–Trinajstić information content (AvgIpc) is 3.10. The van der Waals surface area contributed by atoms with Crippen molar-refractivity contribution in [3.05, 3.63) is 23.3 Å². The maximum Gasteiger partial charge on any atom is 0.125 e. The highest BCUT2D eigenvalue weighted by molar-refractivity contribution is 5.51. The molecule has 3 heteroatoms. The van der Waals surface area contributed by atoms with E-state index in [9.17, 15) is 0 Å². The van der Waals surface area contributed by atoms with Crippen molar-refractivity contribution in [3.8, 4) is 11.5 Å². The average molecular weight is 235 g/mol. The lowest BCUT2D eigenvalue weighted by Gasteiger charge is -2.24. The first kappa shape index (κ1) is 12.2. The van der Waals surface area contributed by atoms with Crippen LogP contribution >= 0.6 is 0 Å². The van der Waals surface area contributed by atoms with Gasteiger partial charge in [-0.25, -0.2) is 0 Å². The zero-order chi connectivity index (χ0) is 12.6. The first-order valence-corrected chi connectivity index (χ1v) is 6.04. The molecule has 17 heavy (non-hydrogen) atoms. The summed E-state index contributed by atoms with van der Waals surface area (Å²) in [6, 6.07) is 4.20. The molecule has 2 rings (SSSR count). The smallest absolute Gasteiger partial charge is 0.125 e. The molecule has 1 aliphatic rings. The van der Waals surface area contributed by atoms with E-state index in [4.69, 9.17) is 15.2 Å². The molecule has 0 bridgehead atoms. The van der Waals surface area contributed by atoms with E-state index in [1.165, 1.54) is 11.1 Å². The highest BCUT2D eigenvalue weighted by Crippen LogP contribution is 2.53. The van der Waals surface area contributed by atoms with Crippen molar-refractivity contribution in [1.29, 1.82) is 0 Å². The number of rotatable bonds is 4. The van der Waals surface area contributed by atoms with Gasteiger partial charge in [0.25, 0.3) is 0 Å². The second-order valence-corrected chi connectivity index (χ2v) is 4.95. The van der Waals surface area contributed by atoms with E-state index in [0.717, 1.165) is 24.3 Å². The lowest BCUT2D eigenvalue weighted by atomic mass is 9.86. The van der Waals surface area contributed by atoms with E-state index in [0.29, 0.717) is 0 Å². The van der Waals surface area contributed by atoms with Crippen LogP contribution in [0.4, 0.5) is 0 Å². The molecule has 1 unspecified atom stereocenters. The third-order valence-electron chi connectivity index (χ3n) is 3.99. The summed E-state index contributed by atoms with van der Waals surface area (Å²) >= 11 is 0. The Balaban J connectivity index is 2.53. The lowest BCUT2D eigenvalue weighted by molar-refractivity contribution is 0.389. The predicted octanol–water partition coefficient (Wildman–Crippen LogP) is 2.39. The van der Waals surface area contributed by atoms with Crippen LogP contribution in [0.15, 0.2) is 12.1 Å². The Labute approximate surface area is 103 Å². The molecular formula is C14H21NO2. The van der Waals surface area contributed by atoms with Crippen molar-refractivity contribution in [2.75, 3.05) is 14.2 Å². The van der Waals surface area contributed by atoms with E-state index >= 15 is 0 Å². The van der Waals surface area contributed by atoms with Crippen LogP contribution in [0.3, 0.4) is 0 Å². The summed E-state index contributed by atoms with van der Waals surface area (Å²) in [5.41, 5.74) is 8.73. The van der Waals surface area contributed by atoms with Crippen LogP contribution in [0.2, 0.25) is 0 Å². The molecule has 94 valence electrons. The zero-order valence-electron chi connectivity index (χ0n) is 11.0. The number of nitrogens with two attached hydrogens (primary N) is 1. The molecule has 1 saturated carbocycles. The molecule has 0 aromatic heterocycles. The maximum atomic E-state index is 6.14. The Morgan fingerprint density at radius 2 is 1.88 bits per heavy atom. The van der Waals surface area contributed by atoms with E-state index in [1.54, 1.807) is 14.2 Å². The minimum atomic E-state index is 0.131. The quantitative estimate of drug-likeness (QED) is 0.871. The zero-order valence-corrected chi connectivity index (χ0v) is 11.0. The van der Waals surface area contributed by atoms with Crippen molar-refractivity contribution < 1.29 is 9.47 Å². The molecule has 1 fully saturated rings. The summed E-state index contributed by atoms with van der Waals surface area (Å²) < 4.78 is 10.7. The second-order valence-electron chi connectivity index (χ2n) is 4.95. The Hall–Kier alpha value is -1.22. The van der Waals surface area contributed by atoms with Crippen molar-refractivity contribution in [2.24, 2.45) is 5.73 Å². The summed E-state index contributed by atoms with van der Waals surface area (Å²) in [5, 5.41) is 0. The monoisotopic (exact) mass is 235 g/mol. The van der Waals surface area contributed by atoms with Crippen LogP contribution < -0.4 is 15.2 Å². The fraction of sp³-hybridized carbons (Fsp3) is 0.571.